The Balaban J connectivity index is 2.51. The summed E-state index contributed by atoms with van der Waals surface area (Å²) in [7, 11) is 0. The molecule has 17 heavy (non-hydrogen) atoms. The summed E-state index contributed by atoms with van der Waals surface area (Å²) >= 11 is 0. The monoisotopic (exact) mass is 235 g/mol. The summed E-state index contributed by atoms with van der Waals surface area (Å²) in [5, 5.41) is 2.87. The number of benzene rings is 1. The molecular formula is C12H14FN3O. The van der Waals surface area contributed by atoms with Crippen molar-refractivity contribution in [1.82, 2.24) is 9.78 Å². The molecule has 0 aliphatic heterocycles. The molecule has 2 rings (SSSR count). The fourth-order valence-corrected chi connectivity index (χ4v) is 1.61. The van der Waals surface area contributed by atoms with E-state index in [0.29, 0.717) is 12.2 Å². The second-order valence-corrected chi connectivity index (χ2v) is 3.97. The van der Waals surface area contributed by atoms with Crippen LogP contribution in [0.25, 0.3) is 5.69 Å². The topological polar surface area (TPSA) is 63.8 Å². The lowest BCUT2D eigenvalue weighted by atomic mass is 10.1. The smallest absolute Gasteiger partial charge is 0.271 e. The maximum Gasteiger partial charge on any atom is 0.271 e. The second kappa shape index (κ2) is 4.55. The fourth-order valence-electron chi connectivity index (χ4n) is 1.61. The van der Waals surface area contributed by atoms with E-state index in [9.17, 15) is 9.18 Å². The van der Waals surface area contributed by atoms with E-state index >= 15 is 0 Å². The van der Waals surface area contributed by atoms with E-state index in [2.05, 4.69) is 5.10 Å². The van der Waals surface area contributed by atoms with Crippen LogP contribution in [0.3, 0.4) is 0 Å². The zero-order valence-electron chi connectivity index (χ0n) is 9.48. The summed E-state index contributed by atoms with van der Waals surface area (Å²) in [6.45, 7) is 2.33. The molecule has 1 aromatic heterocycles. The number of rotatable bonds is 3. The largest absolute Gasteiger partial charge is 0.330 e. The van der Waals surface area contributed by atoms with E-state index in [1.54, 1.807) is 18.2 Å². The van der Waals surface area contributed by atoms with Gasteiger partial charge in [0.15, 0.2) is 0 Å². The van der Waals surface area contributed by atoms with Crippen molar-refractivity contribution >= 4 is 0 Å². The van der Waals surface area contributed by atoms with Crippen LogP contribution < -0.4 is 11.3 Å². The third-order valence-electron chi connectivity index (χ3n) is 2.72. The van der Waals surface area contributed by atoms with Crippen molar-refractivity contribution in [2.24, 2.45) is 5.73 Å². The molecule has 0 aliphatic rings. The normalized spacial score (nSPS) is 12.6. The van der Waals surface area contributed by atoms with Crippen LogP contribution in [0, 0.1) is 5.82 Å². The molecule has 90 valence electrons. The molecule has 0 bridgehead atoms. The summed E-state index contributed by atoms with van der Waals surface area (Å²) in [6, 6.07) is 7.57. The number of H-pyrrole nitrogens is 1. The molecule has 0 saturated carbocycles. The minimum absolute atomic E-state index is 0.0377. The Labute approximate surface area is 97.9 Å². The van der Waals surface area contributed by atoms with Gasteiger partial charge in [0.1, 0.15) is 11.5 Å². The van der Waals surface area contributed by atoms with Gasteiger partial charge in [-0.2, -0.15) is 0 Å². The number of hydrogen-bond acceptors (Lipinski definition) is 2. The van der Waals surface area contributed by atoms with Crippen LogP contribution in [0.5, 0.6) is 0 Å². The van der Waals surface area contributed by atoms with Crippen molar-refractivity contribution in [3.8, 4) is 5.69 Å². The Morgan fingerprint density at radius 1 is 1.47 bits per heavy atom. The van der Waals surface area contributed by atoms with Gasteiger partial charge in [0.25, 0.3) is 5.56 Å². The third-order valence-corrected chi connectivity index (χ3v) is 2.72. The van der Waals surface area contributed by atoms with E-state index in [4.69, 9.17) is 5.73 Å². The van der Waals surface area contributed by atoms with E-state index in [1.807, 2.05) is 6.92 Å². The van der Waals surface area contributed by atoms with Gasteiger partial charge in [-0.3, -0.25) is 9.89 Å². The maximum absolute atomic E-state index is 13.5. The van der Waals surface area contributed by atoms with Gasteiger partial charge < -0.3 is 5.73 Å². The molecule has 0 fully saturated rings. The van der Waals surface area contributed by atoms with Gasteiger partial charge in [-0.15, -0.1) is 0 Å². The van der Waals surface area contributed by atoms with Gasteiger partial charge in [0.05, 0.1) is 0 Å². The van der Waals surface area contributed by atoms with Crippen LogP contribution in [-0.2, 0) is 0 Å². The summed E-state index contributed by atoms with van der Waals surface area (Å²) in [5.74, 6) is -0.404. The Morgan fingerprint density at radius 2 is 2.18 bits per heavy atom. The first-order valence-electron chi connectivity index (χ1n) is 5.40. The number of hydrogen-bond donors (Lipinski definition) is 2. The quantitative estimate of drug-likeness (QED) is 0.843. The van der Waals surface area contributed by atoms with Crippen molar-refractivity contribution < 1.29 is 4.39 Å². The van der Waals surface area contributed by atoms with Gasteiger partial charge in [-0.05, 0) is 12.1 Å². The van der Waals surface area contributed by atoms with Gasteiger partial charge in [0.2, 0.25) is 0 Å². The highest BCUT2D eigenvalue weighted by Crippen LogP contribution is 2.13. The van der Waals surface area contributed by atoms with E-state index < -0.39 is 5.82 Å². The average molecular weight is 235 g/mol. The summed E-state index contributed by atoms with van der Waals surface area (Å²) in [6.07, 6.45) is 0. The van der Waals surface area contributed by atoms with Crippen LogP contribution in [-0.4, -0.2) is 16.3 Å². The van der Waals surface area contributed by atoms with Crippen LogP contribution in [0.15, 0.2) is 35.1 Å². The molecule has 3 N–H and O–H groups in total. The van der Waals surface area contributed by atoms with Gasteiger partial charge in [-0.25, -0.2) is 9.07 Å². The standard InChI is InChI=1S/C12H14FN3O/c1-8(7-14)10-6-12(17)16(15-10)11-5-3-2-4-9(11)13/h2-6,8,15H,7,14H2,1H3. The lowest BCUT2D eigenvalue weighted by molar-refractivity contribution is 0.605. The predicted octanol–water partition coefficient (Wildman–Crippen LogP) is 1.37. The average Bonchev–Trinajstić information content (AvgIpc) is 2.71. The second-order valence-electron chi connectivity index (χ2n) is 3.97. The number of nitrogens with two attached hydrogens (primary N) is 1. The van der Waals surface area contributed by atoms with E-state index in [1.165, 1.54) is 16.8 Å². The number of para-hydroxylation sites is 1. The molecule has 1 atom stereocenters. The SMILES string of the molecule is CC(CN)c1cc(=O)n(-c2ccccc2F)[nH]1. The molecule has 2 aromatic rings. The van der Waals surface area contributed by atoms with E-state index in [0.717, 1.165) is 0 Å². The number of nitrogens with one attached hydrogen (secondary N) is 1. The zero-order chi connectivity index (χ0) is 12.4. The highest BCUT2D eigenvalue weighted by Gasteiger charge is 2.12. The van der Waals surface area contributed by atoms with Crippen molar-refractivity contribution in [3.63, 3.8) is 0 Å². The summed E-state index contributed by atoms with van der Waals surface area (Å²) in [5.41, 5.74) is 6.16. The molecule has 0 amide bonds. The predicted molar refractivity (Wildman–Crippen MR) is 63.8 cm³/mol. The number of nitrogens with zero attached hydrogens (tertiary/aromatic N) is 1. The molecule has 1 unspecified atom stereocenters. The van der Waals surface area contributed by atoms with Crippen molar-refractivity contribution in [2.75, 3.05) is 6.54 Å². The fraction of sp³-hybridized carbons (Fsp3) is 0.250. The molecular weight excluding hydrogens is 221 g/mol. The first-order chi connectivity index (χ1) is 8.13. The maximum atomic E-state index is 13.5. The Morgan fingerprint density at radius 3 is 2.82 bits per heavy atom. The van der Waals surface area contributed by atoms with Crippen LogP contribution in [0.2, 0.25) is 0 Å². The summed E-state index contributed by atoms with van der Waals surface area (Å²) in [4.78, 5) is 11.7. The third kappa shape index (κ3) is 2.14. The molecule has 0 radical (unpaired) electrons. The molecule has 0 aliphatic carbocycles. The lowest BCUT2D eigenvalue weighted by Crippen LogP contribution is -2.15. The molecule has 0 saturated heterocycles. The zero-order valence-corrected chi connectivity index (χ0v) is 9.48. The first-order valence-corrected chi connectivity index (χ1v) is 5.40. The molecule has 5 heteroatoms. The number of aromatic nitrogens is 2. The minimum atomic E-state index is -0.441. The van der Waals surface area contributed by atoms with E-state index in [-0.39, 0.29) is 17.2 Å². The van der Waals surface area contributed by atoms with Gasteiger partial charge in [0, 0.05) is 24.2 Å². The first kappa shape index (κ1) is 11.6. The van der Waals surface area contributed by atoms with Crippen molar-refractivity contribution in [3.05, 3.63) is 52.2 Å². The molecule has 1 aromatic carbocycles. The van der Waals surface area contributed by atoms with Crippen LogP contribution in [0.4, 0.5) is 4.39 Å². The molecule has 4 nitrogen and oxygen atoms in total. The molecule has 0 spiro atoms. The Bertz CT molecular complexity index is 573. The van der Waals surface area contributed by atoms with Crippen LogP contribution in [0.1, 0.15) is 18.5 Å². The highest BCUT2D eigenvalue weighted by atomic mass is 19.1. The number of aromatic amines is 1. The summed E-state index contributed by atoms with van der Waals surface area (Å²) < 4.78 is 14.7. The number of halogens is 1. The van der Waals surface area contributed by atoms with Gasteiger partial charge in [-0.1, -0.05) is 19.1 Å². The van der Waals surface area contributed by atoms with Crippen LogP contribution >= 0.6 is 0 Å². The van der Waals surface area contributed by atoms with Crippen molar-refractivity contribution in [1.29, 1.82) is 0 Å². The highest BCUT2D eigenvalue weighted by molar-refractivity contribution is 5.32. The van der Waals surface area contributed by atoms with Gasteiger partial charge >= 0.3 is 0 Å². The minimum Gasteiger partial charge on any atom is -0.330 e. The Kier molecular flexibility index (Phi) is 3.10. The molecule has 1 heterocycles. The Hall–Kier alpha value is -1.88. The lowest BCUT2D eigenvalue weighted by Gasteiger charge is -2.06. The van der Waals surface area contributed by atoms with Crippen molar-refractivity contribution in [2.45, 2.75) is 12.8 Å².